The van der Waals surface area contributed by atoms with Crippen molar-refractivity contribution in [1.82, 2.24) is 9.78 Å². The van der Waals surface area contributed by atoms with E-state index in [1.165, 1.54) is 0 Å². The molecule has 0 amide bonds. The van der Waals surface area contributed by atoms with Crippen LogP contribution in [0, 0.1) is 0 Å². The van der Waals surface area contributed by atoms with Gasteiger partial charge < -0.3 is 4.74 Å². The molecule has 2 heterocycles. The maximum atomic E-state index is 11.1. The number of alkyl halides is 1. The largest absolute Gasteiger partial charge is 0.356 e. The topological polar surface area (TPSA) is 44.1 Å². The highest BCUT2D eigenvalue weighted by Crippen LogP contribution is 2.20. The minimum atomic E-state index is -0.00314. The third kappa shape index (κ3) is 2.14. The van der Waals surface area contributed by atoms with Gasteiger partial charge in [0, 0.05) is 15.8 Å². The van der Waals surface area contributed by atoms with Crippen molar-refractivity contribution in [2.45, 2.75) is 35.8 Å². The molecule has 2 atom stereocenters. The van der Waals surface area contributed by atoms with Gasteiger partial charge in [-0.05, 0) is 25.7 Å². The summed E-state index contributed by atoms with van der Waals surface area (Å²) in [6, 6.07) is 0. The lowest BCUT2D eigenvalue weighted by atomic mass is 10.1. The Bertz CT molecular complexity index is 573. The van der Waals surface area contributed by atoms with Gasteiger partial charge in [0.25, 0.3) is 0 Å². The lowest BCUT2D eigenvalue weighted by molar-refractivity contribution is -0.0413. The Morgan fingerprint density at radius 1 is 1.50 bits per heavy atom. The predicted octanol–water partition coefficient (Wildman–Crippen LogP) is 1.16. The van der Waals surface area contributed by atoms with Gasteiger partial charge in [-0.3, -0.25) is 4.79 Å². The Balaban J connectivity index is 2.11. The predicted molar refractivity (Wildman–Crippen MR) is 77.1 cm³/mol. The first-order valence-electron chi connectivity index (χ1n) is 6.31. The smallest absolute Gasteiger partial charge is 0.170 e. The summed E-state index contributed by atoms with van der Waals surface area (Å²) in [5.74, 6) is 0. The second-order valence-corrected chi connectivity index (χ2v) is 6.29. The van der Waals surface area contributed by atoms with Gasteiger partial charge in [0.05, 0.1) is 5.35 Å². The molecule has 0 bridgehead atoms. The fourth-order valence-electron chi connectivity index (χ4n) is 2.55. The number of fused-ring (bicyclic) bond motifs is 1. The van der Waals surface area contributed by atoms with Crippen LogP contribution in [0.2, 0.25) is 0 Å². The summed E-state index contributed by atoms with van der Waals surface area (Å²) in [6.45, 7) is 0.786. The van der Waals surface area contributed by atoms with Crippen LogP contribution in [0.3, 0.4) is 0 Å². The van der Waals surface area contributed by atoms with E-state index in [1.807, 2.05) is 4.68 Å². The van der Waals surface area contributed by atoms with E-state index in [0.29, 0.717) is 9.62 Å². The van der Waals surface area contributed by atoms with Gasteiger partial charge in [-0.25, -0.2) is 4.68 Å². The average Bonchev–Trinajstić information content (AvgIpc) is 2.77. The highest BCUT2D eigenvalue weighted by Gasteiger charge is 2.20. The van der Waals surface area contributed by atoms with Gasteiger partial charge in [-0.1, -0.05) is 34.7 Å². The molecule has 2 unspecified atom stereocenters. The summed E-state index contributed by atoms with van der Waals surface area (Å²) in [4.78, 5) is 11.1. The van der Waals surface area contributed by atoms with E-state index < -0.39 is 0 Å². The molecule has 5 heteroatoms. The highest BCUT2D eigenvalue weighted by atomic mass is 127. The number of halogens is 1. The van der Waals surface area contributed by atoms with Crippen LogP contribution in [-0.2, 0) is 4.74 Å². The van der Waals surface area contributed by atoms with E-state index in [9.17, 15) is 4.79 Å². The zero-order valence-electron chi connectivity index (χ0n) is 10.0. The third-order valence-electron chi connectivity index (χ3n) is 3.44. The molecule has 1 aromatic heterocycles. The van der Waals surface area contributed by atoms with E-state index in [4.69, 9.17) is 4.74 Å². The van der Waals surface area contributed by atoms with E-state index in [1.54, 1.807) is 0 Å². The molecule has 0 N–H and O–H groups in total. The zero-order chi connectivity index (χ0) is 12.5. The fraction of sp³-hybridized carbons (Fsp3) is 0.538. The number of rotatable bonds is 2. The molecule has 1 aliphatic carbocycles. The quantitative estimate of drug-likeness (QED) is 0.453. The zero-order valence-corrected chi connectivity index (χ0v) is 12.2. The number of hydrogen-bond donors (Lipinski definition) is 0. The van der Waals surface area contributed by atoms with Crippen molar-refractivity contribution < 1.29 is 9.53 Å². The molecule has 1 aromatic rings. The maximum Gasteiger partial charge on any atom is 0.170 e. The second kappa shape index (κ2) is 5.13. The molecule has 1 aliphatic heterocycles. The van der Waals surface area contributed by atoms with E-state index in [-0.39, 0.29) is 6.23 Å². The van der Waals surface area contributed by atoms with Gasteiger partial charge in [0.15, 0.2) is 12.5 Å². The minimum absolute atomic E-state index is 0.00314. The normalized spacial score (nSPS) is 26.9. The first-order valence-corrected chi connectivity index (χ1v) is 7.55. The Morgan fingerprint density at radius 2 is 2.39 bits per heavy atom. The summed E-state index contributed by atoms with van der Waals surface area (Å²) in [5, 5.41) is 6.46. The van der Waals surface area contributed by atoms with Gasteiger partial charge in [0.2, 0.25) is 0 Å². The minimum Gasteiger partial charge on any atom is -0.356 e. The molecule has 1 saturated heterocycles. The monoisotopic (exact) mass is 358 g/mol. The summed E-state index contributed by atoms with van der Waals surface area (Å²) in [5.41, 5.74) is 0.539. The van der Waals surface area contributed by atoms with Crippen molar-refractivity contribution in [2.75, 3.05) is 6.61 Å². The summed E-state index contributed by atoms with van der Waals surface area (Å²) >= 11 is 2.38. The Labute approximate surface area is 119 Å². The third-order valence-corrected chi connectivity index (χ3v) is 4.31. The number of carbonyl (C=O) groups excluding carboxylic acids is 1. The molecule has 1 fully saturated rings. The van der Waals surface area contributed by atoms with Gasteiger partial charge in [-0.15, -0.1) is 0 Å². The molecule has 0 aromatic carbocycles. The van der Waals surface area contributed by atoms with Crippen molar-refractivity contribution >= 4 is 41.0 Å². The van der Waals surface area contributed by atoms with Crippen molar-refractivity contribution in [3.8, 4) is 0 Å². The average molecular weight is 358 g/mol. The SMILES string of the molecule is O=Cc1nn(C2CCCCO2)c2c1=CC(I)CC=2. The van der Waals surface area contributed by atoms with Crippen LogP contribution in [0.15, 0.2) is 0 Å². The van der Waals surface area contributed by atoms with Crippen molar-refractivity contribution in [3.05, 3.63) is 16.3 Å². The number of ether oxygens (including phenoxy) is 1. The van der Waals surface area contributed by atoms with Gasteiger partial charge in [-0.2, -0.15) is 5.10 Å². The van der Waals surface area contributed by atoms with Crippen LogP contribution in [0.25, 0.3) is 12.2 Å². The molecule has 2 aliphatic rings. The van der Waals surface area contributed by atoms with Gasteiger partial charge >= 0.3 is 0 Å². The van der Waals surface area contributed by atoms with Crippen LogP contribution >= 0.6 is 22.6 Å². The standard InChI is InChI=1S/C13H15IN2O2/c14-9-4-5-12-10(7-9)11(8-17)15-16(12)13-3-1-2-6-18-13/h5,7-9,13H,1-4,6H2. The molecule has 3 rings (SSSR count). The fourth-order valence-corrected chi connectivity index (χ4v) is 3.16. The first kappa shape index (κ1) is 12.3. The molecule has 0 saturated carbocycles. The highest BCUT2D eigenvalue weighted by molar-refractivity contribution is 14.1. The van der Waals surface area contributed by atoms with Crippen LogP contribution < -0.4 is 10.6 Å². The van der Waals surface area contributed by atoms with Crippen molar-refractivity contribution in [1.29, 1.82) is 0 Å². The van der Waals surface area contributed by atoms with Crippen molar-refractivity contribution in [2.24, 2.45) is 0 Å². The number of nitrogens with zero attached hydrogens (tertiary/aromatic N) is 2. The summed E-state index contributed by atoms with van der Waals surface area (Å²) in [6.07, 6.45) is 9.39. The summed E-state index contributed by atoms with van der Waals surface area (Å²) < 4.78 is 8.11. The molecule has 4 nitrogen and oxygen atoms in total. The number of carbonyl (C=O) groups is 1. The molecule has 96 valence electrons. The number of aldehydes is 1. The van der Waals surface area contributed by atoms with E-state index in [0.717, 1.165) is 49.1 Å². The van der Waals surface area contributed by atoms with Crippen LogP contribution in [0.1, 0.15) is 42.4 Å². The molecule has 18 heavy (non-hydrogen) atoms. The second-order valence-electron chi connectivity index (χ2n) is 4.69. The van der Waals surface area contributed by atoms with E-state index >= 15 is 0 Å². The molecule has 0 radical (unpaired) electrons. The lowest BCUT2D eigenvalue weighted by Gasteiger charge is -2.23. The maximum absolute atomic E-state index is 11.1. The number of hydrogen-bond acceptors (Lipinski definition) is 3. The van der Waals surface area contributed by atoms with Crippen LogP contribution in [-0.4, -0.2) is 26.6 Å². The van der Waals surface area contributed by atoms with Crippen molar-refractivity contribution in [3.63, 3.8) is 0 Å². The number of aromatic nitrogens is 2. The lowest BCUT2D eigenvalue weighted by Crippen LogP contribution is -2.37. The Morgan fingerprint density at radius 3 is 3.11 bits per heavy atom. The molecule has 0 spiro atoms. The molecular weight excluding hydrogens is 343 g/mol. The van der Waals surface area contributed by atoms with Gasteiger partial charge in [0.1, 0.15) is 5.69 Å². The van der Waals surface area contributed by atoms with Crippen LogP contribution in [0.4, 0.5) is 0 Å². The Kier molecular flexibility index (Phi) is 3.52. The summed E-state index contributed by atoms with van der Waals surface area (Å²) in [7, 11) is 0. The first-order chi connectivity index (χ1) is 8.79. The molecular formula is C13H15IN2O2. The van der Waals surface area contributed by atoms with E-state index in [2.05, 4.69) is 39.8 Å². The Hall–Kier alpha value is -0.690. The van der Waals surface area contributed by atoms with Crippen LogP contribution in [0.5, 0.6) is 0 Å².